The van der Waals surface area contributed by atoms with Gasteiger partial charge in [-0.3, -0.25) is 4.79 Å². The lowest BCUT2D eigenvalue weighted by Crippen LogP contribution is -2.25. The van der Waals surface area contributed by atoms with Gasteiger partial charge in [0.1, 0.15) is 17.3 Å². The normalized spacial score (nSPS) is 20.5. The second-order valence-corrected chi connectivity index (χ2v) is 6.87. The van der Waals surface area contributed by atoms with E-state index in [-0.39, 0.29) is 11.9 Å². The zero-order chi connectivity index (χ0) is 18.0. The van der Waals surface area contributed by atoms with Gasteiger partial charge in [0.2, 0.25) is 5.91 Å². The molecule has 1 aromatic carbocycles. The van der Waals surface area contributed by atoms with Gasteiger partial charge in [-0.25, -0.2) is 0 Å². The first-order valence-electron chi connectivity index (χ1n) is 8.70. The molecule has 0 radical (unpaired) electrons. The number of amides is 1. The summed E-state index contributed by atoms with van der Waals surface area (Å²) >= 11 is 0. The van der Waals surface area contributed by atoms with E-state index in [0.29, 0.717) is 17.6 Å². The van der Waals surface area contributed by atoms with E-state index in [1.165, 1.54) is 12.5 Å². The van der Waals surface area contributed by atoms with Gasteiger partial charge >= 0.3 is 0 Å². The Balaban J connectivity index is 1.62. The highest BCUT2D eigenvalue weighted by Gasteiger charge is 2.36. The summed E-state index contributed by atoms with van der Waals surface area (Å²) < 4.78 is 11.2. The number of rotatable bonds is 6. The van der Waals surface area contributed by atoms with Crippen LogP contribution in [0.15, 0.2) is 40.8 Å². The summed E-state index contributed by atoms with van der Waals surface area (Å²) in [4.78, 5) is 12.2. The number of hydrogen-bond acceptors (Lipinski definition) is 3. The molecule has 1 saturated carbocycles. The maximum Gasteiger partial charge on any atom is 0.244 e. The largest absolute Gasteiger partial charge is 0.496 e. The van der Waals surface area contributed by atoms with Crippen molar-refractivity contribution in [3.8, 4) is 5.75 Å². The molecule has 4 heteroatoms. The van der Waals surface area contributed by atoms with Gasteiger partial charge in [-0.05, 0) is 50.5 Å². The van der Waals surface area contributed by atoms with Crippen LogP contribution in [0.2, 0.25) is 0 Å². The molecule has 25 heavy (non-hydrogen) atoms. The Morgan fingerprint density at radius 3 is 2.80 bits per heavy atom. The van der Waals surface area contributed by atoms with Crippen LogP contribution in [0.4, 0.5) is 0 Å². The van der Waals surface area contributed by atoms with Crippen LogP contribution in [0.25, 0.3) is 6.08 Å². The van der Waals surface area contributed by atoms with E-state index in [1.54, 1.807) is 13.2 Å². The predicted octanol–water partition coefficient (Wildman–Crippen LogP) is 4.61. The summed E-state index contributed by atoms with van der Waals surface area (Å²) in [7, 11) is 1.64. The molecule has 2 aromatic rings. The number of hydrogen-bond donors (Lipinski definition) is 1. The maximum atomic E-state index is 12.2. The Bertz CT molecular complexity index is 790. The van der Waals surface area contributed by atoms with Crippen LogP contribution in [0.3, 0.4) is 0 Å². The molecule has 1 fully saturated rings. The van der Waals surface area contributed by atoms with E-state index < -0.39 is 0 Å². The molecule has 1 aliphatic rings. The number of carbonyl (C=O) groups is 1. The summed E-state index contributed by atoms with van der Waals surface area (Å²) in [6.07, 6.45) is 4.41. The van der Waals surface area contributed by atoms with Gasteiger partial charge in [0, 0.05) is 17.6 Å². The minimum absolute atomic E-state index is 0.147. The van der Waals surface area contributed by atoms with Crippen LogP contribution in [0.5, 0.6) is 5.75 Å². The number of nitrogens with one attached hydrogen (secondary N) is 1. The third-order valence-corrected chi connectivity index (χ3v) is 4.73. The van der Waals surface area contributed by atoms with Crippen molar-refractivity contribution in [2.45, 2.75) is 39.2 Å². The number of methoxy groups -OCH3 is 1. The average Bonchev–Trinajstić information content (AvgIpc) is 3.13. The molecule has 1 aromatic heterocycles. The highest BCUT2D eigenvalue weighted by atomic mass is 16.5. The Morgan fingerprint density at radius 1 is 1.36 bits per heavy atom. The van der Waals surface area contributed by atoms with E-state index in [4.69, 9.17) is 9.15 Å². The van der Waals surface area contributed by atoms with E-state index >= 15 is 0 Å². The van der Waals surface area contributed by atoms with Crippen molar-refractivity contribution in [2.75, 3.05) is 7.11 Å². The topological polar surface area (TPSA) is 51.5 Å². The summed E-state index contributed by atoms with van der Waals surface area (Å²) in [5.41, 5.74) is 2.09. The van der Waals surface area contributed by atoms with E-state index in [0.717, 1.165) is 22.6 Å². The third kappa shape index (κ3) is 4.13. The number of benzene rings is 1. The quantitative estimate of drug-likeness (QED) is 0.782. The second-order valence-electron chi connectivity index (χ2n) is 6.87. The molecule has 1 N–H and O–H groups in total. The van der Waals surface area contributed by atoms with E-state index in [2.05, 4.69) is 12.2 Å². The van der Waals surface area contributed by atoms with Gasteiger partial charge in [0.15, 0.2) is 0 Å². The smallest absolute Gasteiger partial charge is 0.244 e. The Hall–Kier alpha value is -2.49. The first-order valence-corrected chi connectivity index (χ1v) is 8.70. The van der Waals surface area contributed by atoms with Crippen molar-refractivity contribution >= 4 is 12.0 Å². The fourth-order valence-corrected chi connectivity index (χ4v) is 3.07. The van der Waals surface area contributed by atoms with E-state index in [1.807, 2.05) is 44.2 Å². The molecule has 0 unspecified atom stereocenters. The molecule has 3 atom stereocenters. The van der Waals surface area contributed by atoms with Crippen LogP contribution in [-0.2, 0) is 4.79 Å². The van der Waals surface area contributed by atoms with Gasteiger partial charge in [0.05, 0.1) is 13.2 Å². The Morgan fingerprint density at radius 2 is 2.12 bits per heavy atom. The summed E-state index contributed by atoms with van der Waals surface area (Å²) in [6, 6.07) is 9.72. The molecule has 0 bridgehead atoms. The molecule has 1 heterocycles. The molecule has 1 aliphatic carbocycles. The van der Waals surface area contributed by atoms with Crippen molar-refractivity contribution < 1.29 is 13.9 Å². The summed E-state index contributed by atoms with van der Waals surface area (Å²) in [5, 5.41) is 2.97. The van der Waals surface area contributed by atoms with Crippen LogP contribution in [0, 0.1) is 12.8 Å². The van der Waals surface area contributed by atoms with Gasteiger partial charge < -0.3 is 14.5 Å². The van der Waals surface area contributed by atoms with Crippen LogP contribution < -0.4 is 10.1 Å². The van der Waals surface area contributed by atoms with E-state index in [9.17, 15) is 4.79 Å². The lowest BCUT2D eigenvalue weighted by molar-refractivity contribution is -0.117. The SMILES string of the molecule is COc1ccc(C)cc1[C@H](C)NC(=O)/C=C\c1ccc([C@@H]2C[C@@H]2C)o1. The lowest BCUT2D eigenvalue weighted by atomic mass is 10.0. The maximum absolute atomic E-state index is 12.2. The molecule has 4 nitrogen and oxygen atoms in total. The van der Waals surface area contributed by atoms with Crippen LogP contribution in [0.1, 0.15) is 54.9 Å². The monoisotopic (exact) mass is 339 g/mol. The molecule has 3 rings (SSSR count). The highest BCUT2D eigenvalue weighted by molar-refractivity contribution is 5.91. The van der Waals surface area contributed by atoms with Crippen molar-refractivity contribution in [1.82, 2.24) is 5.32 Å². The molecule has 0 saturated heterocycles. The first kappa shape index (κ1) is 17.3. The zero-order valence-corrected chi connectivity index (χ0v) is 15.2. The molecule has 0 aliphatic heterocycles. The molecule has 1 amide bonds. The van der Waals surface area contributed by atoms with Crippen molar-refractivity contribution in [3.63, 3.8) is 0 Å². The van der Waals surface area contributed by atoms with Gasteiger partial charge in [0.25, 0.3) is 0 Å². The van der Waals surface area contributed by atoms with Gasteiger partial charge in [-0.1, -0.05) is 24.6 Å². The van der Waals surface area contributed by atoms with Crippen molar-refractivity contribution in [2.24, 2.45) is 5.92 Å². The first-order chi connectivity index (χ1) is 12.0. The fraction of sp³-hybridized carbons (Fsp3) is 0.381. The van der Waals surface area contributed by atoms with Crippen LogP contribution in [-0.4, -0.2) is 13.0 Å². The summed E-state index contributed by atoms with van der Waals surface area (Å²) in [5.74, 6) is 3.60. The third-order valence-electron chi connectivity index (χ3n) is 4.73. The minimum Gasteiger partial charge on any atom is -0.496 e. The average molecular weight is 339 g/mol. The number of carbonyl (C=O) groups excluding carboxylic acids is 1. The van der Waals surface area contributed by atoms with Gasteiger partial charge in [-0.15, -0.1) is 0 Å². The molecule has 0 spiro atoms. The van der Waals surface area contributed by atoms with Crippen molar-refractivity contribution in [1.29, 1.82) is 0 Å². The van der Waals surface area contributed by atoms with Crippen LogP contribution >= 0.6 is 0 Å². The number of furan rings is 1. The van der Waals surface area contributed by atoms with Gasteiger partial charge in [-0.2, -0.15) is 0 Å². The molecule has 132 valence electrons. The minimum atomic E-state index is -0.159. The Labute approximate surface area is 148 Å². The number of aryl methyl sites for hydroxylation is 1. The molecular weight excluding hydrogens is 314 g/mol. The van der Waals surface area contributed by atoms with Crippen molar-refractivity contribution in [3.05, 3.63) is 59.1 Å². The highest BCUT2D eigenvalue weighted by Crippen LogP contribution is 2.47. The molecular formula is C21H25NO3. The summed E-state index contributed by atoms with van der Waals surface area (Å²) in [6.45, 7) is 6.19. The second kappa shape index (κ2) is 7.18. The zero-order valence-electron chi connectivity index (χ0n) is 15.2. The standard InChI is InChI=1S/C21H25NO3/c1-13-5-8-19(24-4)18(11-13)15(3)22-21(23)10-7-16-6-9-20(25-16)17-12-14(17)2/h5-11,14-15,17H,12H2,1-4H3,(H,22,23)/b10-7-/t14-,15-,17+/m0/s1. The lowest BCUT2D eigenvalue weighted by Gasteiger charge is -2.17. The fourth-order valence-electron chi connectivity index (χ4n) is 3.07. The predicted molar refractivity (Wildman–Crippen MR) is 98.6 cm³/mol. The number of ether oxygens (including phenoxy) is 1. The Kier molecular flexibility index (Phi) is 4.98.